The number of hydrogen-bond donors (Lipinski definition) is 3. The number of fused-ring (bicyclic) bond motifs is 2. The monoisotopic (exact) mass is 288 g/mol. The molecule has 2 aromatic carbocycles. The molecule has 5 heteroatoms. The summed E-state index contributed by atoms with van der Waals surface area (Å²) in [5, 5.41) is 13.3. The highest BCUT2D eigenvalue weighted by molar-refractivity contribution is 7.99. The number of nitrogens with one attached hydrogen (secondary N) is 2. The lowest BCUT2D eigenvalue weighted by Crippen LogP contribution is -2.19. The number of rotatable bonds is 1. The number of anilines is 2. The summed E-state index contributed by atoms with van der Waals surface area (Å²) >= 11 is 1.82. The molecule has 20 heavy (non-hydrogen) atoms. The lowest BCUT2D eigenvalue weighted by Gasteiger charge is -2.19. The van der Waals surface area contributed by atoms with Crippen LogP contribution in [0.15, 0.2) is 58.3 Å². The molecule has 0 fully saturated rings. The maximum absolute atomic E-state index is 9.49. The molecule has 0 saturated carbocycles. The average molecular weight is 288 g/mol. The fourth-order valence-corrected chi connectivity index (χ4v) is 2.72. The van der Waals surface area contributed by atoms with Crippen molar-refractivity contribution in [3.8, 4) is 0 Å². The van der Waals surface area contributed by atoms with E-state index in [1.54, 1.807) is 6.92 Å². The predicted octanol–water partition coefficient (Wildman–Crippen LogP) is 4.17. The summed E-state index contributed by atoms with van der Waals surface area (Å²) in [6.45, 7) is 2.21. The van der Waals surface area contributed by atoms with Crippen molar-refractivity contribution in [1.82, 2.24) is 5.32 Å². The molecule has 1 aliphatic heterocycles. The van der Waals surface area contributed by atoms with Gasteiger partial charge in [0.25, 0.3) is 0 Å². The molecular weight excluding hydrogens is 272 g/mol. The average Bonchev–Trinajstić information content (AvgIpc) is 2.45. The molecule has 0 radical (unpaired) electrons. The van der Waals surface area contributed by atoms with Gasteiger partial charge in [-0.05, 0) is 31.2 Å². The number of para-hydroxylation sites is 2. The zero-order valence-corrected chi connectivity index (χ0v) is 11.9. The first kappa shape index (κ1) is 14.3. The van der Waals surface area contributed by atoms with Crippen LogP contribution in [-0.4, -0.2) is 17.7 Å². The van der Waals surface area contributed by atoms with Crippen molar-refractivity contribution in [2.75, 3.05) is 11.9 Å². The Morgan fingerprint density at radius 2 is 1.60 bits per heavy atom. The summed E-state index contributed by atoms with van der Waals surface area (Å²) in [5.41, 5.74) is 2.41. The van der Waals surface area contributed by atoms with Gasteiger partial charge in [-0.3, -0.25) is 0 Å². The minimum atomic E-state index is -0.961. The van der Waals surface area contributed by atoms with Gasteiger partial charge in [0.2, 0.25) is 0 Å². The van der Waals surface area contributed by atoms with Crippen LogP contribution in [0.5, 0.6) is 0 Å². The molecular formula is C15H16N2O2S. The molecule has 0 spiro atoms. The van der Waals surface area contributed by atoms with E-state index in [4.69, 9.17) is 5.11 Å². The summed E-state index contributed by atoms with van der Waals surface area (Å²) in [5.74, 6) is 0. The van der Waals surface area contributed by atoms with Crippen LogP contribution in [0.25, 0.3) is 0 Å². The smallest absolute Gasteiger partial charge is 0.404 e. The van der Waals surface area contributed by atoms with E-state index in [-0.39, 0.29) is 0 Å². The SMILES string of the molecule is CCNC(=O)O.c1ccc2c(c1)Nc1ccccc1S2. The molecule has 0 aliphatic carbocycles. The van der Waals surface area contributed by atoms with Crippen LogP contribution in [0.3, 0.4) is 0 Å². The van der Waals surface area contributed by atoms with Crippen LogP contribution in [0.4, 0.5) is 16.2 Å². The molecule has 4 nitrogen and oxygen atoms in total. The maximum Gasteiger partial charge on any atom is 0.404 e. The number of carbonyl (C=O) groups is 1. The molecule has 104 valence electrons. The largest absolute Gasteiger partial charge is 0.465 e. The Balaban J connectivity index is 0.000000212. The lowest BCUT2D eigenvalue weighted by molar-refractivity contribution is 0.195. The van der Waals surface area contributed by atoms with Crippen molar-refractivity contribution in [1.29, 1.82) is 0 Å². The van der Waals surface area contributed by atoms with Crippen LogP contribution < -0.4 is 10.6 Å². The van der Waals surface area contributed by atoms with Crippen LogP contribution in [0.1, 0.15) is 6.92 Å². The topological polar surface area (TPSA) is 61.4 Å². The Bertz CT molecular complexity index is 514. The minimum absolute atomic E-state index is 0.481. The molecule has 0 atom stereocenters. The third-order valence-corrected chi connectivity index (χ3v) is 3.74. The Hall–Kier alpha value is -2.14. The van der Waals surface area contributed by atoms with E-state index in [0.29, 0.717) is 6.54 Å². The molecule has 0 bridgehead atoms. The van der Waals surface area contributed by atoms with E-state index < -0.39 is 6.09 Å². The highest BCUT2D eigenvalue weighted by Gasteiger charge is 2.13. The lowest BCUT2D eigenvalue weighted by atomic mass is 10.2. The summed E-state index contributed by atoms with van der Waals surface area (Å²) < 4.78 is 0. The van der Waals surface area contributed by atoms with E-state index in [2.05, 4.69) is 59.2 Å². The normalized spacial score (nSPS) is 11.1. The first-order valence-electron chi connectivity index (χ1n) is 6.30. The Morgan fingerprint density at radius 3 is 2.00 bits per heavy atom. The first-order valence-corrected chi connectivity index (χ1v) is 7.12. The second-order valence-electron chi connectivity index (χ2n) is 4.05. The zero-order chi connectivity index (χ0) is 14.4. The van der Waals surface area contributed by atoms with E-state index in [0.717, 1.165) is 0 Å². The first-order chi connectivity index (χ1) is 9.70. The predicted molar refractivity (Wildman–Crippen MR) is 82.0 cm³/mol. The van der Waals surface area contributed by atoms with E-state index >= 15 is 0 Å². The highest BCUT2D eigenvalue weighted by atomic mass is 32.2. The van der Waals surface area contributed by atoms with E-state index in [1.807, 2.05) is 11.8 Å². The molecule has 0 aromatic heterocycles. The maximum atomic E-state index is 9.49. The van der Waals surface area contributed by atoms with Gasteiger partial charge in [0.05, 0.1) is 11.4 Å². The summed E-state index contributed by atoms with van der Waals surface area (Å²) in [6, 6.07) is 16.8. The molecule has 3 N–H and O–H groups in total. The van der Waals surface area contributed by atoms with Crippen LogP contribution >= 0.6 is 11.8 Å². The van der Waals surface area contributed by atoms with Crippen molar-refractivity contribution in [3.63, 3.8) is 0 Å². The van der Waals surface area contributed by atoms with Crippen LogP contribution in [0, 0.1) is 0 Å². The summed E-state index contributed by atoms with van der Waals surface area (Å²) in [6.07, 6.45) is -0.961. The Labute approximate surface area is 122 Å². The number of amides is 1. The van der Waals surface area contributed by atoms with Crippen LogP contribution in [-0.2, 0) is 0 Å². The van der Waals surface area contributed by atoms with Gasteiger partial charge in [-0.2, -0.15) is 0 Å². The molecule has 0 unspecified atom stereocenters. The quantitative estimate of drug-likeness (QED) is 0.629. The standard InChI is InChI=1S/C12H9NS.C3H7NO2/c1-3-7-11-9(5-1)13-10-6-2-4-8-12(10)14-11;1-2-4-3(5)6/h1-8,13H;4H,2H2,1H3,(H,5,6). The van der Waals surface area contributed by atoms with Crippen molar-refractivity contribution in [2.24, 2.45) is 0 Å². The highest BCUT2D eigenvalue weighted by Crippen LogP contribution is 2.43. The minimum Gasteiger partial charge on any atom is -0.465 e. The molecule has 1 heterocycles. The third kappa shape index (κ3) is 3.68. The van der Waals surface area contributed by atoms with E-state index in [9.17, 15) is 4.79 Å². The van der Waals surface area contributed by atoms with Gasteiger partial charge in [0.15, 0.2) is 0 Å². The van der Waals surface area contributed by atoms with E-state index in [1.165, 1.54) is 21.2 Å². The van der Waals surface area contributed by atoms with Gasteiger partial charge in [0, 0.05) is 16.3 Å². The van der Waals surface area contributed by atoms with Gasteiger partial charge in [-0.15, -0.1) is 0 Å². The molecule has 2 aromatic rings. The molecule has 0 saturated heterocycles. The summed E-state index contributed by atoms with van der Waals surface area (Å²) in [4.78, 5) is 12.1. The fourth-order valence-electron chi connectivity index (χ4n) is 1.73. The van der Waals surface area contributed by atoms with Gasteiger partial charge in [-0.25, -0.2) is 4.79 Å². The van der Waals surface area contributed by atoms with Crippen molar-refractivity contribution in [3.05, 3.63) is 48.5 Å². The number of carboxylic acid groups (broad SMARTS) is 1. The zero-order valence-electron chi connectivity index (χ0n) is 11.1. The molecule has 3 rings (SSSR count). The molecule has 1 amide bonds. The Morgan fingerprint density at radius 1 is 1.10 bits per heavy atom. The second-order valence-corrected chi connectivity index (χ2v) is 5.14. The van der Waals surface area contributed by atoms with Gasteiger partial charge in [0.1, 0.15) is 0 Å². The van der Waals surface area contributed by atoms with Crippen molar-refractivity contribution >= 4 is 29.2 Å². The number of benzene rings is 2. The second kappa shape index (κ2) is 6.86. The third-order valence-electron chi connectivity index (χ3n) is 2.59. The molecule has 1 aliphatic rings. The van der Waals surface area contributed by atoms with Gasteiger partial charge < -0.3 is 15.7 Å². The van der Waals surface area contributed by atoms with Crippen molar-refractivity contribution in [2.45, 2.75) is 16.7 Å². The number of hydrogen-bond acceptors (Lipinski definition) is 3. The van der Waals surface area contributed by atoms with Crippen LogP contribution in [0.2, 0.25) is 0 Å². The Kier molecular flexibility index (Phi) is 4.90. The van der Waals surface area contributed by atoms with Crippen molar-refractivity contribution < 1.29 is 9.90 Å². The fraction of sp³-hybridized carbons (Fsp3) is 0.133. The van der Waals surface area contributed by atoms with Gasteiger partial charge in [-0.1, -0.05) is 36.0 Å². The summed E-state index contributed by atoms with van der Waals surface area (Å²) in [7, 11) is 0. The van der Waals surface area contributed by atoms with Gasteiger partial charge >= 0.3 is 6.09 Å².